The molecule has 1 saturated heterocycles. The van der Waals surface area contributed by atoms with Crippen molar-refractivity contribution in [2.24, 2.45) is 5.41 Å². The van der Waals surface area contributed by atoms with E-state index in [4.69, 9.17) is 9.97 Å². The Morgan fingerprint density at radius 1 is 1.12 bits per heavy atom. The number of likely N-dealkylation sites (tertiary alicyclic amines) is 1. The molecule has 0 bridgehead atoms. The summed E-state index contributed by atoms with van der Waals surface area (Å²) >= 11 is 0. The minimum absolute atomic E-state index is 0.0323. The highest BCUT2D eigenvalue weighted by Crippen LogP contribution is 2.31. The Labute approximate surface area is 187 Å². The molecule has 1 aliphatic heterocycles. The standard InChI is InChI=1S/C25H28FN5O/c1-25(2,3)24(32)31-13-5-6-18(16-31)23-29-21(17-9-11-27-12-10-17)15-22(30-23)28-20-8-4-7-19(26)14-20/h4,7-12,14-15,18H,5-6,13,16H2,1-3H3,(H,28,29,30)/t18-/m1/s1. The second-order valence-corrected chi connectivity index (χ2v) is 9.21. The van der Waals surface area contributed by atoms with Crippen molar-refractivity contribution in [1.82, 2.24) is 19.9 Å². The lowest BCUT2D eigenvalue weighted by Crippen LogP contribution is -2.44. The Hall–Kier alpha value is -3.35. The Kier molecular flexibility index (Phi) is 6.17. The summed E-state index contributed by atoms with van der Waals surface area (Å²) in [6, 6.07) is 11.9. The number of carbonyl (C=O) groups is 1. The molecule has 2 aromatic heterocycles. The van der Waals surface area contributed by atoms with Crippen LogP contribution in [0.15, 0.2) is 54.9 Å². The number of piperidine rings is 1. The molecule has 1 N–H and O–H groups in total. The number of nitrogens with one attached hydrogen (secondary N) is 1. The van der Waals surface area contributed by atoms with Gasteiger partial charge in [0.2, 0.25) is 5.91 Å². The number of aromatic nitrogens is 3. The molecule has 1 atom stereocenters. The first-order chi connectivity index (χ1) is 15.3. The van der Waals surface area contributed by atoms with Crippen LogP contribution in [0.4, 0.5) is 15.9 Å². The minimum atomic E-state index is -0.425. The molecule has 32 heavy (non-hydrogen) atoms. The largest absolute Gasteiger partial charge is 0.342 e. The summed E-state index contributed by atoms with van der Waals surface area (Å²) in [7, 11) is 0. The van der Waals surface area contributed by atoms with Gasteiger partial charge in [0.25, 0.3) is 0 Å². The summed E-state index contributed by atoms with van der Waals surface area (Å²) in [6.45, 7) is 7.18. The van der Waals surface area contributed by atoms with E-state index >= 15 is 0 Å². The van der Waals surface area contributed by atoms with Crippen LogP contribution in [0.5, 0.6) is 0 Å². The first kappa shape index (κ1) is 21.9. The van der Waals surface area contributed by atoms with Crippen LogP contribution in [-0.2, 0) is 4.79 Å². The number of rotatable bonds is 4. The lowest BCUT2D eigenvalue weighted by Gasteiger charge is -2.36. The molecule has 4 rings (SSSR count). The summed E-state index contributed by atoms with van der Waals surface area (Å²) in [4.78, 5) is 28.5. The van der Waals surface area contributed by atoms with Gasteiger partial charge < -0.3 is 10.2 Å². The van der Waals surface area contributed by atoms with E-state index in [1.54, 1.807) is 24.5 Å². The molecule has 166 valence electrons. The molecule has 1 aromatic carbocycles. The SMILES string of the molecule is CC(C)(C)C(=O)N1CCC[C@@H](c2nc(Nc3cccc(F)c3)cc(-c3ccncc3)n2)C1. The zero-order valence-electron chi connectivity index (χ0n) is 18.7. The fraction of sp³-hybridized carbons (Fsp3) is 0.360. The fourth-order valence-corrected chi connectivity index (χ4v) is 3.94. The maximum absolute atomic E-state index is 13.7. The van der Waals surface area contributed by atoms with Crippen LogP contribution in [0.2, 0.25) is 0 Å². The minimum Gasteiger partial charge on any atom is -0.342 e. The van der Waals surface area contributed by atoms with Crippen LogP contribution in [0.1, 0.15) is 45.4 Å². The van der Waals surface area contributed by atoms with E-state index in [-0.39, 0.29) is 17.6 Å². The summed E-state index contributed by atoms with van der Waals surface area (Å²) < 4.78 is 13.7. The molecule has 0 spiro atoms. The van der Waals surface area contributed by atoms with Crippen LogP contribution in [0.3, 0.4) is 0 Å². The summed E-state index contributed by atoms with van der Waals surface area (Å²) in [5.74, 6) is 1.13. The first-order valence-electron chi connectivity index (χ1n) is 10.9. The van der Waals surface area contributed by atoms with E-state index in [9.17, 15) is 9.18 Å². The highest BCUT2D eigenvalue weighted by Gasteiger charge is 2.32. The van der Waals surface area contributed by atoms with E-state index in [1.807, 2.05) is 43.9 Å². The van der Waals surface area contributed by atoms with Gasteiger partial charge in [-0.25, -0.2) is 14.4 Å². The lowest BCUT2D eigenvalue weighted by molar-refractivity contribution is -0.140. The van der Waals surface area contributed by atoms with Crippen molar-refractivity contribution in [1.29, 1.82) is 0 Å². The second kappa shape index (κ2) is 9.02. The molecule has 0 aliphatic carbocycles. The van der Waals surface area contributed by atoms with E-state index in [1.165, 1.54) is 12.1 Å². The van der Waals surface area contributed by atoms with Crippen LogP contribution in [0, 0.1) is 11.2 Å². The van der Waals surface area contributed by atoms with Crippen LogP contribution in [0.25, 0.3) is 11.3 Å². The van der Waals surface area contributed by atoms with E-state index < -0.39 is 5.41 Å². The fourth-order valence-electron chi connectivity index (χ4n) is 3.94. The van der Waals surface area contributed by atoms with Crippen molar-refractivity contribution in [3.05, 3.63) is 66.5 Å². The quantitative estimate of drug-likeness (QED) is 0.614. The van der Waals surface area contributed by atoms with Crippen LogP contribution in [-0.4, -0.2) is 38.8 Å². The number of carbonyl (C=O) groups excluding carboxylic acids is 1. The Morgan fingerprint density at radius 3 is 2.62 bits per heavy atom. The summed E-state index contributed by atoms with van der Waals surface area (Å²) in [5.41, 5.74) is 1.87. The predicted octanol–water partition coefficient (Wildman–Crippen LogP) is 5.17. The third-order valence-corrected chi connectivity index (χ3v) is 5.53. The highest BCUT2D eigenvalue weighted by molar-refractivity contribution is 5.81. The molecular weight excluding hydrogens is 405 g/mol. The van der Waals surface area contributed by atoms with Gasteiger partial charge in [-0.2, -0.15) is 0 Å². The van der Waals surface area contributed by atoms with Crippen molar-refractivity contribution >= 4 is 17.4 Å². The monoisotopic (exact) mass is 433 g/mol. The average Bonchev–Trinajstić information content (AvgIpc) is 2.78. The first-order valence-corrected chi connectivity index (χ1v) is 10.9. The lowest BCUT2D eigenvalue weighted by atomic mass is 9.91. The van der Waals surface area contributed by atoms with Gasteiger partial charge in [0.15, 0.2) is 0 Å². The zero-order chi connectivity index (χ0) is 22.7. The third-order valence-electron chi connectivity index (χ3n) is 5.53. The van der Waals surface area contributed by atoms with Gasteiger partial charge in [-0.1, -0.05) is 26.8 Å². The Morgan fingerprint density at radius 2 is 1.91 bits per heavy atom. The van der Waals surface area contributed by atoms with Gasteiger partial charge in [-0.05, 0) is 43.2 Å². The van der Waals surface area contributed by atoms with E-state index in [2.05, 4.69) is 10.3 Å². The topological polar surface area (TPSA) is 71.0 Å². The normalized spacial score (nSPS) is 16.6. The summed E-state index contributed by atoms with van der Waals surface area (Å²) in [5, 5.41) is 3.21. The van der Waals surface area contributed by atoms with Crippen molar-refractivity contribution < 1.29 is 9.18 Å². The predicted molar refractivity (Wildman–Crippen MR) is 123 cm³/mol. The zero-order valence-corrected chi connectivity index (χ0v) is 18.7. The van der Waals surface area contributed by atoms with Gasteiger partial charge in [-0.3, -0.25) is 9.78 Å². The number of anilines is 2. The average molecular weight is 434 g/mol. The smallest absolute Gasteiger partial charge is 0.227 e. The molecule has 3 heterocycles. The highest BCUT2D eigenvalue weighted by atomic mass is 19.1. The number of hydrogen-bond acceptors (Lipinski definition) is 5. The Bertz CT molecular complexity index is 1100. The van der Waals surface area contributed by atoms with Crippen molar-refractivity contribution in [2.75, 3.05) is 18.4 Å². The molecule has 0 radical (unpaired) electrons. The molecule has 0 unspecified atom stereocenters. The van der Waals surface area contributed by atoms with Crippen molar-refractivity contribution in [2.45, 2.75) is 39.5 Å². The van der Waals surface area contributed by atoms with Crippen LogP contribution < -0.4 is 5.32 Å². The molecular formula is C25H28FN5O. The number of hydrogen-bond donors (Lipinski definition) is 1. The number of pyridine rings is 1. The third kappa shape index (κ3) is 5.10. The number of amides is 1. The molecule has 6 nitrogen and oxygen atoms in total. The van der Waals surface area contributed by atoms with Crippen molar-refractivity contribution in [3.8, 4) is 11.3 Å². The molecule has 0 saturated carbocycles. The second-order valence-electron chi connectivity index (χ2n) is 9.21. The maximum atomic E-state index is 13.7. The van der Waals surface area contributed by atoms with Gasteiger partial charge >= 0.3 is 0 Å². The molecule has 3 aromatic rings. The Balaban J connectivity index is 1.68. The van der Waals surface area contributed by atoms with Crippen molar-refractivity contribution in [3.63, 3.8) is 0 Å². The van der Waals surface area contributed by atoms with Crippen LogP contribution >= 0.6 is 0 Å². The summed E-state index contributed by atoms with van der Waals surface area (Å²) in [6.07, 6.45) is 5.26. The van der Waals surface area contributed by atoms with Gasteiger partial charge in [0.1, 0.15) is 17.5 Å². The molecule has 1 amide bonds. The van der Waals surface area contributed by atoms with E-state index in [0.29, 0.717) is 23.9 Å². The van der Waals surface area contributed by atoms with Gasteiger partial charge in [0, 0.05) is 54.1 Å². The van der Waals surface area contributed by atoms with Gasteiger partial charge in [-0.15, -0.1) is 0 Å². The van der Waals surface area contributed by atoms with E-state index in [0.717, 1.165) is 30.6 Å². The maximum Gasteiger partial charge on any atom is 0.227 e. The number of halogens is 1. The van der Waals surface area contributed by atoms with Gasteiger partial charge in [0.05, 0.1) is 5.69 Å². The molecule has 1 fully saturated rings. The number of benzene rings is 1. The number of nitrogens with zero attached hydrogens (tertiary/aromatic N) is 4. The molecule has 1 aliphatic rings. The molecule has 7 heteroatoms.